The van der Waals surface area contributed by atoms with Crippen molar-refractivity contribution in [2.75, 3.05) is 27.4 Å². The molecule has 6 atom stereocenters. The van der Waals surface area contributed by atoms with Crippen LogP contribution in [0.15, 0.2) is 79.0 Å². The molecule has 4 amide bonds. The van der Waals surface area contributed by atoms with Crippen molar-refractivity contribution in [1.82, 2.24) is 40.4 Å². The van der Waals surface area contributed by atoms with E-state index >= 15 is 0 Å². The summed E-state index contributed by atoms with van der Waals surface area (Å²) in [5.41, 5.74) is 7.00. The molecule has 0 spiro atoms. The molecule has 16 nitrogen and oxygen atoms in total. The van der Waals surface area contributed by atoms with Gasteiger partial charge in [-0.3, -0.25) is 9.59 Å². The van der Waals surface area contributed by atoms with Crippen LogP contribution >= 0.6 is 0 Å². The molecule has 9 rings (SSSR count). The van der Waals surface area contributed by atoms with Gasteiger partial charge in [0.15, 0.2) is 0 Å². The van der Waals surface area contributed by atoms with E-state index in [2.05, 4.69) is 50.9 Å². The fourth-order valence-corrected chi connectivity index (χ4v) is 9.77. The van der Waals surface area contributed by atoms with Gasteiger partial charge in [0.05, 0.1) is 48.7 Å². The summed E-state index contributed by atoms with van der Waals surface area (Å²) in [5.74, 6) is 1.38. The van der Waals surface area contributed by atoms with E-state index in [-0.39, 0.29) is 41.8 Å². The minimum absolute atomic E-state index is 0.0646. The SMILES string of the molecule is COCC1C[C@@H](c2ncc(-c3ccc4c(c3)COc3cc5c(ccc6[nH]c([C@@H]7CC[C@H](C)N7C(=O)[C@@H](NC(=O)O)C(C)C)nc65)cc3-4)[nH]2)N(C(=O)[C@H](NC(=O)OC)c2ccccc2)C1. The van der Waals surface area contributed by atoms with E-state index in [0.29, 0.717) is 49.8 Å². The monoisotopic (exact) mass is 868 g/mol. The zero-order valence-electron chi connectivity index (χ0n) is 36.4. The molecular formula is C48H52N8O8. The smallest absolute Gasteiger partial charge is 0.407 e. The van der Waals surface area contributed by atoms with Crippen molar-refractivity contribution in [3.8, 4) is 28.1 Å². The minimum Gasteiger partial charge on any atom is -0.488 e. The highest BCUT2D eigenvalue weighted by Gasteiger charge is 2.43. The van der Waals surface area contributed by atoms with Crippen LogP contribution in [0.3, 0.4) is 0 Å². The maximum absolute atomic E-state index is 14.3. The van der Waals surface area contributed by atoms with Crippen LogP contribution in [0, 0.1) is 11.8 Å². The lowest BCUT2D eigenvalue weighted by atomic mass is 9.92. The maximum atomic E-state index is 14.3. The van der Waals surface area contributed by atoms with Crippen molar-refractivity contribution in [3.63, 3.8) is 0 Å². The molecule has 0 aliphatic carbocycles. The van der Waals surface area contributed by atoms with E-state index < -0.39 is 24.3 Å². The Morgan fingerprint density at radius 1 is 0.922 bits per heavy atom. The second-order valence-electron chi connectivity index (χ2n) is 17.4. The molecule has 1 unspecified atom stereocenters. The third kappa shape index (κ3) is 7.86. The van der Waals surface area contributed by atoms with Crippen LogP contribution in [-0.2, 0) is 25.7 Å². The van der Waals surface area contributed by atoms with Gasteiger partial charge in [-0.1, -0.05) is 62.4 Å². The van der Waals surface area contributed by atoms with Gasteiger partial charge in [0.2, 0.25) is 5.91 Å². The number of amides is 4. The normalized spacial score (nSPS) is 20.2. The number of benzene rings is 4. The van der Waals surface area contributed by atoms with E-state index in [1.807, 2.05) is 51.1 Å². The van der Waals surface area contributed by atoms with E-state index in [4.69, 9.17) is 24.2 Å². The summed E-state index contributed by atoms with van der Waals surface area (Å²) < 4.78 is 16.8. The molecule has 0 radical (unpaired) electrons. The third-order valence-corrected chi connectivity index (χ3v) is 12.9. The Morgan fingerprint density at radius 2 is 1.73 bits per heavy atom. The Kier molecular flexibility index (Phi) is 11.5. The molecule has 2 saturated heterocycles. The van der Waals surface area contributed by atoms with Gasteiger partial charge in [-0.2, -0.15) is 0 Å². The molecule has 6 aromatic rings. The predicted molar refractivity (Wildman–Crippen MR) is 238 cm³/mol. The average Bonchev–Trinajstić information content (AvgIpc) is 4.12. The van der Waals surface area contributed by atoms with Gasteiger partial charge in [0, 0.05) is 36.6 Å². The number of imidazole rings is 2. The number of carbonyl (C=O) groups excluding carboxylic acids is 3. The number of alkyl carbamates (subject to hydrolysis) is 1. The number of H-pyrrole nitrogens is 2. The predicted octanol–water partition coefficient (Wildman–Crippen LogP) is 7.64. The van der Waals surface area contributed by atoms with Crippen LogP contribution in [0.1, 0.15) is 80.9 Å². The first kappa shape index (κ1) is 42.4. The summed E-state index contributed by atoms with van der Waals surface area (Å²) in [6.45, 7) is 6.92. The fourth-order valence-electron chi connectivity index (χ4n) is 9.77. The van der Waals surface area contributed by atoms with E-state index in [1.165, 1.54) is 7.11 Å². The molecule has 5 N–H and O–H groups in total. The second kappa shape index (κ2) is 17.3. The molecule has 2 aromatic heterocycles. The number of hydrogen-bond acceptors (Lipinski definition) is 9. The van der Waals surface area contributed by atoms with Crippen molar-refractivity contribution >= 4 is 45.8 Å². The summed E-state index contributed by atoms with van der Waals surface area (Å²) in [6.07, 6.45) is 1.98. The molecular weight excluding hydrogens is 817 g/mol. The number of methoxy groups -OCH3 is 2. The lowest BCUT2D eigenvalue weighted by molar-refractivity contribution is -0.137. The summed E-state index contributed by atoms with van der Waals surface area (Å²) in [4.78, 5) is 72.6. The molecule has 4 aromatic carbocycles. The number of aromatic nitrogens is 4. The van der Waals surface area contributed by atoms with Crippen molar-refractivity contribution in [2.24, 2.45) is 11.8 Å². The first-order valence-electron chi connectivity index (χ1n) is 21.7. The number of fused-ring (bicyclic) bond motifs is 6. The largest absolute Gasteiger partial charge is 0.488 e. The van der Waals surface area contributed by atoms with Gasteiger partial charge in [0.1, 0.15) is 36.1 Å². The summed E-state index contributed by atoms with van der Waals surface area (Å²) in [7, 11) is 2.92. The number of nitrogens with one attached hydrogen (secondary N) is 4. The Morgan fingerprint density at radius 3 is 2.48 bits per heavy atom. The number of likely N-dealkylation sites (tertiary alicyclic amines) is 2. The topological polar surface area (TPSA) is 204 Å². The van der Waals surface area contributed by atoms with Gasteiger partial charge >= 0.3 is 12.2 Å². The Hall–Kier alpha value is -6.94. The lowest BCUT2D eigenvalue weighted by Crippen LogP contribution is -2.52. The van der Waals surface area contributed by atoms with Gasteiger partial charge in [-0.05, 0) is 84.0 Å². The highest BCUT2D eigenvalue weighted by Crippen LogP contribution is 2.44. The number of carbonyl (C=O) groups is 4. The first-order chi connectivity index (χ1) is 30.9. The van der Waals surface area contributed by atoms with Gasteiger partial charge in [-0.15, -0.1) is 0 Å². The molecule has 5 heterocycles. The van der Waals surface area contributed by atoms with Crippen LogP contribution in [0.4, 0.5) is 9.59 Å². The van der Waals surface area contributed by atoms with Gasteiger partial charge in [-0.25, -0.2) is 19.6 Å². The number of rotatable bonds is 11. The number of ether oxygens (including phenoxy) is 3. The fraction of sp³-hybridized carbons (Fsp3) is 0.375. The molecule has 3 aliphatic heterocycles. The van der Waals surface area contributed by atoms with E-state index in [9.17, 15) is 24.3 Å². The quantitative estimate of drug-likeness (QED) is 0.0861. The highest BCUT2D eigenvalue weighted by atomic mass is 16.5. The van der Waals surface area contributed by atoms with Crippen LogP contribution < -0.4 is 15.4 Å². The number of carboxylic acid groups (broad SMARTS) is 1. The zero-order chi connectivity index (χ0) is 44.8. The van der Waals surface area contributed by atoms with Crippen molar-refractivity contribution in [2.45, 2.75) is 76.8 Å². The van der Waals surface area contributed by atoms with Gasteiger partial charge < -0.3 is 49.7 Å². The van der Waals surface area contributed by atoms with Crippen molar-refractivity contribution in [3.05, 3.63) is 102 Å². The molecule has 332 valence electrons. The molecule has 0 saturated carbocycles. The van der Waals surface area contributed by atoms with Crippen LogP contribution in [0.2, 0.25) is 0 Å². The first-order valence-corrected chi connectivity index (χ1v) is 21.7. The zero-order valence-corrected chi connectivity index (χ0v) is 36.4. The van der Waals surface area contributed by atoms with Crippen LogP contribution in [0.5, 0.6) is 5.75 Å². The summed E-state index contributed by atoms with van der Waals surface area (Å²) in [6, 6.07) is 21.0. The molecule has 16 heteroatoms. The lowest BCUT2D eigenvalue weighted by Gasteiger charge is -2.32. The van der Waals surface area contributed by atoms with E-state index in [0.717, 1.165) is 61.9 Å². The molecule has 3 aliphatic rings. The Balaban J connectivity index is 0.978. The Bertz CT molecular complexity index is 2750. The highest BCUT2D eigenvalue weighted by molar-refractivity contribution is 6.07. The summed E-state index contributed by atoms with van der Waals surface area (Å²) >= 11 is 0. The van der Waals surface area contributed by atoms with Crippen molar-refractivity contribution < 1.29 is 38.5 Å². The van der Waals surface area contributed by atoms with Crippen molar-refractivity contribution in [1.29, 1.82) is 0 Å². The van der Waals surface area contributed by atoms with Crippen LogP contribution in [0.25, 0.3) is 44.2 Å². The van der Waals surface area contributed by atoms with Crippen LogP contribution in [-0.4, -0.2) is 98.3 Å². The minimum atomic E-state index is -1.23. The average molecular weight is 869 g/mol. The number of hydrogen-bond donors (Lipinski definition) is 5. The van der Waals surface area contributed by atoms with E-state index in [1.54, 1.807) is 35.2 Å². The number of aromatic amines is 2. The second-order valence-corrected chi connectivity index (χ2v) is 17.4. The standard InChI is InChI=1S/C48H52N8O8/c1-25(2)40(53-47(59)60)46(58)56-26(3)11-16-37(56)44-50-35-15-13-29-19-34-32-14-12-30(18-31(32)24-64-39(34)20-33(29)42(35)52-44)36-21-49-43(51-36)38-17-27(23-62-4)22-55(38)45(57)41(54-48(61)63-5)28-9-7-6-8-10-28/h6-10,12-15,18-21,25-27,37-38,40-41,53H,11,16-17,22-24H2,1-5H3,(H,49,51)(H,50,52)(H,54,61)(H,59,60)/t26-,27?,37-,38-,40-,41+/m0/s1. The maximum Gasteiger partial charge on any atom is 0.407 e. The van der Waals surface area contributed by atoms with Gasteiger partial charge in [0.25, 0.3) is 5.91 Å². The number of nitrogens with zero attached hydrogens (tertiary/aromatic N) is 4. The molecule has 64 heavy (non-hydrogen) atoms. The Labute approximate surface area is 369 Å². The third-order valence-electron chi connectivity index (χ3n) is 12.9. The summed E-state index contributed by atoms with van der Waals surface area (Å²) in [5, 5.41) is 16.5. The molecule has 0 bridgehead atoms. The molecule has 2 fully saturated rings.